The van der Waals surface area contributed by atoms with Crippen molar-refractivity contribution < 1.29 is 45.2 Å². The van der Waals surface area contributed by atoms with E-state index in [9.17, 15) is 35.7 Å². The molecule has 226 valence electrons. The Kier molecular flexibility index (Phi) is 10.3. The molecule has 3 aromatic carbocycles. The lowest BCUT2D eigenvalue weighted by Crippen LogP contribution is -2.59. The fourth-order valence-electron chi connectivity index (χ4n) is 5.44. The molecule has 11 heteroatoms. The molecule has 5 rings (SSSR count). The number of aliphatic hydroxyl groups excluding tert-OH is 7. The molecule has 0 radical (unpaired) electrons. The normalized spacial score (nSPS) is 33.8. The van der Waals surface area contributed by atoms with Crippen LogP contribution in [0.15, 0.2) is 91.0 Å². The molecule has 0 unspecified atom stereocenters. The molecule has 2 heterocycles. The molecule has 0 saturated carbocycles. The Morgan fingerprint density at radius 3 is 1.38 bits per heavy atom. The van der Waals surface area contributed by atoms with Crippen molar-refractivity contribution in [2.45, 2.75) is 64.5 Å². The number of aliphatic hydroxyl groups is 7. The SMILES string of the molecule is OC[C@H]1O[C@H](SC[C@H]2O[C@H](SC(c3ccccc3)(c3ccccc3)c3ccccc3)[C@@H](O)[C@@H](O)[C@@H]2O)[C@@H](O)[C@@H](O)[C@@H]1O. The Bertz CT molecular complexity index is 1160. The van der Waals surface area contributed by atoms with Gasteiger partial charge in [0.2, 0.25) is 0 Å². The van der Waals surface area contributed by atoms with E-state index in [-0.39, 0.29) is 5.75 Å². The molecule has 42 heavy (non-hydrogen) atoms. The van der Waals surface area contributed by atoms with Gasteiger partial charge in [-0.15, -0.1) is 23.5 Å². The first-order valence-electron chi connectivity index (χ1n) is 13.7. The van der Waals surface area contributed by atoms with Gasteiger partial charge < -0.3 is 45.2 Å². The second-order valence-electron chi connectivity index (χ2n) is 10.4. The summed E-state index contributed by atoms with van der Waals surface area (Å²) in [6.07, 6.45) is -11.0. The number of hydrogen-bond acceptors (Lipinski definition) is 11. The van der Waals surface area contributed by atoms with Gasteiger partial charge in [0.25, 0.3) is 0 Å². The van der Waals surface area contributed by atoms with E-state index in [1.54, 1.807) is 0 Å². The van der Waals surface area contributed by atoms with Crippen molar-refractivity contribution in [2.75, 3.05) is 12.4 Å². The summed E-state index contributed by atoms with van der Waals surface area (Å²) >= 11 is 2.33. The molecular formula is C31H36O9S2. The Morgan fingerprint density at radius 2 is 0.929 bits per heavy atom. The highest BCUT2D eigenvalue weighted by Gasteiger charge is 2.50. The first kappa shape index (κ1) is 31.4. The van der Waals surface area contributed by atoms with E-state index in [1.165, 1.54) is 11.8 Å². The van der Waals surface area contributed by atoms with Crippen LogP contribution in [0.4, 0.5) is 0 Å². The number of benzene rings is 3. The van der Waals surface area contributed by atoms with Crippen molar-refractivity contribution in [1.82, 2.24) is 0 Å². The number of rotatable bonds is 9. The van der Waals surface area contributed by atoms with E-state index in [0.29, 0.717) is 0 Å². The Balaban J connectivity index is 1.46. The van der Waals surface area contributed by atoms with Crippen molar-refractivity contribution in [3.05, 3.63) is 108 Å². The molecule has 10 atom stereocenters. The number of ether oxygens (including phenoxy) is 2. The topological polar surface area (TPSA) is 160 Å². The van der Waals surface area contributed by atoms with E-state index in [4.69, 9.17) is 9.47 Å². The summed E-state index contributed by atoms with van der Waals surface area (Å²) in [5.41, 5.74) is 0.746. The van der Waals surface area contributed by atoms with Crippen LogP contribution in [0.3, 0.4) is 0 Å². The van der Waals surface area contributed by atoms with Gasteiger partial charge in [0, 0.05) is 5.75 Å². The molecule has 0 amide bonds. The Labute approximate surface area is 252 Å². The second-order valence-corrected chi connectivity index (χ2v) is 12.9. The van der Waals surface area contributed by atoms with Gasteiger partial charge in [0.1, 0.15) is 53.6 Å². The van der Waals surface area contributed by atoms with E-state index in [1.807, 2.05) is 91.0 Å². The molecule has 9 nitrogen and oxygen atoms in total. The predicted molar refractivity (Wildman–Crippen MR) is 160 cm³/mol. The van der Waals surface area contributed by atoms with Crippen LogP contribution < -0.4 is 0 Å². The molecule has 3 aromatic rings. The van der Waals surface area contributed by atoms with Gasteiger partial charge in [-0.3, -0.25) is 0 Å². The highest BCUT2D eigenvalue weighted by molar-refractivity contribution is 8.01. The van der Waals surface area contributed by atoms with E-state index >= 15 is 0 Å². The lowest BCUT2D eigenvalue weighted by molar-refractivity contribution is -0.206. The summed E-state index contributed by atoms with van der Waals surface area (Å²) in [6, 6.07) is 29.4. The minimum Gasteiger partial charge on any atom is -0.394 e. The average Bonchev–Trinajstić information content (AvgIpc) is 3.04. The molecule has 2 saturated heterocycles. The molecule has 0 aromatic heterocycles. The maximum absolute atomic E-state index is 11.2. The van der Waals surface area contributed by atoms with Gasteiger partial charge in [-0.2, -0.15) is 0 Å². The summed E-state index contributed by atoms with van der Waals surface area (Å²) < 4.78 is 11.0. The highest BCUT2D eigenvalue weighted by Crippen LogP contribution is 2.52. The van der Waals surface area contributed by atoms with Crippen molar-refractivity contribution >= 4 is 23.5 Å². The van der Waals surface area contributed by atoms with Crippen LogP contribution in [0.5, 0.6) is 0 Å². The third-order valence-corrected chi connectivity index (χ3v) is 10.7. The largest absolute Gasteiger partial charge is 0.394 e. The summed E-state index contributed by atoms with van der Waals surface area (Å²) in [7, 11) is 0. The van der Waals surface area contributed by atoms with Crippen LogP contribution in [0, 0.1) is 0 Å². The monoisotopic (exact) mass is 616 g/mol. The van der Waals surface area contributed by atoms with Crippen LogP contribution in [0.1, 0.15) is 16.7 Å². The van der Waals surface area contributed by atoms with Gasteiger partial charge in [-0.1, -0.05) is 91.0 Å². The first-order chi connectivity index (χ1) is 20.3. The number of hydrogen-bond donors (Lipinski definition) is 7. The quantitative estimate of drug-likeness (QED) is 0.172. The van der Waals surface area contributed by atoms with E-state index in [2.05, 4.69) is 0 Å². The summed E-state index contributed by atoms with van der Waals surface area (Å²) in [5.74, 6) is 0.0136. The maximum atomic E-state index is 11.2. The first-order valence-corrected chi connectivity index (χ1v) is 15.7. The minimum atomic E-state index is -1.54. The zero-order chi connectivity index (χ0) is 29.9. The van der Waals surface area contributed by atoms with E-state index in [0.717, 1.165) is 28.5 Å². The zero-order valence-corrected chi connectivity index (χ0v) is 24.2. The number of thioether (sulfide) groups is 2. The van der Waals surface area contributed by atoms with Crippen LogP contribution in [0.2, 0.25) is 0 Å². The van der Waals surface area contributed by atoms with Gasteiger partial charge in [-0.25, -0.2) is 0 Å². The molecule has 2 aliphatic heterocycles. The lowest BCUT2D eigenvalue weighted by atomic mass is 9.84. The smallest absolute Gasteiger partial charge is 0.133 e. The van der Waals surface area contributed by atoms with Crippen molar-refractivity contribution in [1.29, 1.82) is 0 Å². The molecule has 2 fully saturated rings. The standard InChI is InChI=1S/C31H36O9S2/c32-16-21-23(33)25(35)27(37)29(39-21)41-17-22-24(34)26(36)28(38)30(40-22)42-31(18-10-4-1-5-11-18,19-12-6-2-7-13-19)20-14-8-3-9-15-20/h1-15,21-30,32-38H,16-17H2/t21-,22-,23-,24-,25+,26+,27+,28+,29-,30-/m1/s1. The molecule has 0 aliphatic carbocycles. The second kappa shape index (κ2) is 13.7. The van der Waals surface area contributed by atoms with Crippen LogP contribution in [-0.2, 0) is 14.2 Å². The van der Waals surface area contributed by atoms with E-state index < -0.39 is 71.1 Å². The molecular weight excluding hydrogens is 580 g/mol. The predicted octanol–water partition coefficient (Wildman–Crippen LogP) is 1.05. The zero-order valence-electron chi connectivity index (χ0n) is 22.6. The maximum Gasteiger partial charge on any atom is 0.133 e. The summed E-state index contributed by atoms with van der Waals surface area (Å²) in [4.78, 5) is 0. The Morgan fingerprint density at radius 1 is 0.524 bits per heavy atom. The highest BCUT2D eigenvalue weighted by atomic mass is 32.2. The van der Waals surface area contributed by atoms with Crippen molar-refractivity contribution in [2.24, 2.45) is 0 Å². The molecule has 7 N–H and O–H groups in total. The summed E-state index contributed by atoms with van der Waals surface area (Å²) in [6.45, 7) is -0.561. The molecule has 0 spiro atoms. The summed E-state index contributed by atoms with van der Waals surface area (Å²) in [5, 5.41) is 73.3. The molecule has 2 aliphatic rings. The van der Waals surface area contributed by atoms with Gasteiger partial charge in [-0.05, 0) is 16.7 Å². The van der Waals surface area contributed by atoms with Gasteiger partial charge >= 0.3 is 0 Å². The third-order valence-electron chi connectivity index (χ3n) is 7.78. The average molecular weight is 617 g/mol. The van der Waals surface area contributed by atoms with Crippen molar-refractivity contribution in [3.8, 4) is 0 Å². The van der Waals surface area contributed by atoms with Crippen LogP contribution in [-0.4, -0.2) is 108 Å². The fourth-order valence-corrected chi connectivity index (χ4v) is 8.34. The lowest BCUT2D eigenvalue weighted by Gasteiger charge is -2.45. The van der Waals surface area contributed by atoms with Crippen LogP contribution >= 0.6 is 23.5 Å². The van der Waals surface area contributed by atoms with Crippen molar-refractivity contribution in [3.63, 3.8) is 0 Å². The van der Waals surface area contributed by atoms with Gasteiger partial charge in [0.05, 0.1) is 17.5 Å². The third kappa shape index (κ3) is 6.15. The van der Waals surface area contributed by atoms with Crippen LogP contribution in [0.25, 0.3) is 0 Å². The fraction of sp³-hybridized carbons (Fsp3) is 0.419. The minimum absolute atomic E-state index is 0.0136. The van der Waals surface area contributed by atoms with Gasteiger partial charge in [0.15, 0.2) is 0 Å². The Hall–Kier alpha value is -2.00. The molecule has 0 bridgehead atoms.